The number of ether oxygens (including phenoxy) is 1. The van der Waals surface area contributed by atoms with Gasteiger partial charge in [-0.15, -0.1) is 0 Å². The topological polar surface area (TPSA) is 59.4 Å². The smallest absolute Gasteiger partial charge is 0.335 e. The van der Waals surface area contributed by atoms with Crippen molar-refractivity contribution in [2.45, 2.75) is 27.2 Å². The number of allylic oxidation sites excluding steroid dienone is 1. The van der Waals surface area contributed by atoms with Gasteiger partial charge in [0.25, 0.3) is 0 Å². The first-order chi connectivity index (χ1) is 10.9. The van der Waals surface area contributed by atoms with Gasteiger partial charge in [-0.25, -0.2) is 4.79 Å². The molecule has 0 radical (unpaired) electrons. The van der Waals surface area contributed by atoms with Crippen molar-refractivity contribution in [1.82, 2.24) is 4.98 Å². The molecule has 0 aliphatic rings. The van der Waals surface area contributed by atoms with E-state index in [0.29, 0.717) is 12.2 Å². The normalized spacial score (nSPS) is 11.8. The zero-order chi connectivity index (χ0) is 17.0. The van der Waals surface area contributed by atoms with Gasteiger partial charge >= 0.3 is 5.97 Å². The fraction of sp³-hybridized carbons (Fsp3) is 0.263. The molecule has 23 heavy (non-hydrogen) atoms. The van der Waals surface area contributed by atoms with Crippen molar-refractivity contribution in [2.75, 3.05) is 7.11 Å². The van der Waals surface area contributed by atoms with Crippen molar-refractivity contribution in [2.24, 2.45) is 0 Å². The van der Waals surface area contributed by atoms with Crippen molar-refractivity contribution in [3.8, 4) is 11.3 Å². The number of carboxylic acid groups (broad SMARTS) is 1. The van der Waals surface area contributed by atoms with E-state index in [4.69, 9.17) is 4.74 Å². The minimum absolute atomic E-state index is 0.268. The largest absolute Gasteiger partial charge is 0.501 e. The number of aliphatic carboxylic acids is 1. The maximum atomic E-state index is 11.5. The number of hydrogen-bond acceptors (Lipinski definition) is 3. The summed E-state index contributed by atoms with van der Waals surface area (Å²) in [6.45, 7) is 5.60. The Labute approximate surface area is 136 Å². The number of benzene rings is 1. The lowest BCUT2D eigenvalue weighted by atomic mass is 9.96. The van der Waals surface area contributed by atoms with Gasteiger partial charge in [0.1, 0.15) is 5.76 Å². The third-order valence-electron chi connectivity index (χ3n) is 3.89. The summed E-state index contributed by atoms with van der Waals surface area (Å²) in [5.41, 5.74) is 5.09. The molecule has 0 fully saturated rings. The summed E-state index contributed by atoms with van der Waals surface area (Å²) in [6, 6.07) is 11.9. The van der Waals surface area contributed by atoms with E-state index in [0.717, 1.165) is 28.1 Å². The van der Waals surface area contributed by atoms with Crippen molar-refractivity contribution in [1.29, 1.82) is 0 Å². The maximum absolute atomic E-state index is 11.5. The zero-order valence-electron chi connectivity index (χ0n) is 13.9. The van der Waals surface area contributed by atoms with Gasteiger partial charge in [-0.1, -0.05) is 18.2 Å². The molecule has 4 heteroatoms. The molecule has 0 bridgehead atoms. The molecule has 4 nitrogen and oxygen atoms in total. The van der Waals surface area contributed by atoms with E-state index in [1.807, 2.05) is 50.2 Å². The summed E-state index contributed by atoms with van der Waals surface area (Å²) >= 11 is 0. The summed E-state index contributed by atoms with van der Waals surface area (Å²) < 4.78 is 5.10. The monoisotopic (exact) mass is 311 g/mol. The molecule has 0 aliphatic heterocycles. The molecule has 0 aliphatic carbocycles. The minimum Gasteiger partial charge on any atom is -0.501 e. The van der Waals surface area contributed by atoms with Crippen molar-refractivity contribution in [3.05, 3.63) is 64.6 Å². The molecule has 120 valence electrons. The van der Waals surface area contributed by atoms with Crippen LogP contribution in [0.5, 0.6) is 0 Å². The van der Waals surface area contributed by atoms with Crippen LogP contribution in [0, 0.1) is 13.8 Å². The number of aromatic nitrogens is 1. The minimum atomic E-state index is -0.956. The van der Waals surface area contributed by atoms with Crippen LogP contribution in [-0.2, 0) is 16.0 Å². The average molecular weight is 311 g/mol. The van der Waals surface area contributed by atoms with Crippen LogP contribution in [-0.4, -0.2) is 23.2 Å². The highest BCUT2D eigenvalue weighted by Gasteiger charge is 2.15. The summed E-state index contributed by atoms with van der Waals surface area (Å²) in [5.74, 6) is -0.529. The standard InChI is InChI=1S/C19H21NO3/c1-12-8-9-15(18-7-5-6-13(2)20-18)10-16(12)11-17(19(21)22)14(3)23-4/h5-10H,11H2,1-4H3,(H,21,22). The van der Waals surface area contributed by atoms with E-state index in [1.54, 1.807) is 6.92 Å². The lowest BCUT2D eigenvalue weighted by Gasteiger charge is -2.12. The first-order valence-electron chi connectivity index (χ1n) is 7.43. The molecular weight excluding hydrogens is 290 g/mol. The zero-order valence-corrected chi connectivity index (χ0v) is 13.9. The molecule has 0 saturated heterocycles. The Kier molecular flexibility index (Phi) is 5.16. The van der Waals surface area contributed by atoms with Crippen LogP contribution in [0.1, 0.15) is 23.7 Å². The predicted molar refractivity (Wildman–Crippen MR) is 90.2 cm³/mol. The SMILES string of the molecule is COC(C)=C(Cc1cc(-c2cccc(C)n2)ccc1C)C(=O)O. The number of carboxylic acids is 1. The van der Waals surface area contributed by atoms with E-state index < -0.39 is 5.97 Å². The van der Waals surface area contributed by atoms with E-state index in [-0.39, 0.29) is 5.57 Å². The third-order valence-corrected chi connectivity index (χ3v) is 3.89. The molecule has 0 saturated carbocycles. The van der Waals surface area contributed by atoms with Crippen LogP contribution in [0.15, 0.2) is 47.7 Å². The maximum Gasteiger partial charge on any atom is 0.335 e. The van der Waals surface area contributed by atoms with Gasteiger partial charge in [0.15, 0.2) is 0 Å². The van der Waals surface area contributed by atoms with Gasteiger partial charge in [0.05, 0.1) is 18.4 Å². The Balaban J connectivity index is 2.44. The molecule has 1 N–H and O–H groups in total. The molecule has 2 aromatic rings. The lowest BCUT2D eigenvalue weighted by molar-refractivity contribution is -0.133. The van der Waals surface area contributed by atoms with Gasteiger partial charge in [0, 0.05) is 17.7 Å². The lowest BCUT2D eigenvalue weighted by Crippen LogP contribution is -2.08. The molecule has 1 aromatic heterocycles. The molecule has 0 atom stereocenters. The molecule has 2 rings (SSSR count). The Bertz CT molecular complexity index is 763. The van der Waals surface area contributed by atoms with E-state index in [2.05, 4.69) is 4.98 Å². The second-order valence-electron chi connectivity index (χ2n) is 5.53. The highest BCUT2D eigenvalue weighted by atomic mass is 16.5. The predicted octanol–water partition coefficient (Wildman–Crippen LogP) is 3.91. The van der Waals surface area contributed by atoms with E-state index in [9.17, 15) is 9.90 Å². The van der Waals surface area contributed by atoms with Gasteiger partial charge in [-0.3, -0.25) is 4.98 Å². The quantitative estimate of drug-likeness (QED) is 0.672. The van der Waals surface area contributed by atoms with Crippen LogP contribution in [0.2, 0.25) is 0 Å². The van der Waals surface area contributed by atoms with Crippen LogP contribution in [0.4, 0.5) is 0 Å². The van der Waals surface area contributed by atoms with E-state index in [1.165, 1.54) is 7.11 Å². The molecule has 0 spiro atoms. The third kappa shape index (κ3) is 3.97. The van der Waals surface area contributed by atoms with Crippen LogP contribution in [0.25, 0.3) is 11.3 Å². The highest BCUT2D eigenvalue weighted by Crippen LogP contribution is 2.24. The number of pyridine rings is 1. The van der Waals surface area contributed by atoms with Gasteiger partial charge < -0.3 is 9.84 Å². The number of hydrogen-bond donors (Lipinski definition) is 1. The second-order valence-corrected chi connectivity index (χ2v) is 5.53. The molecule has 1 aromatic carbocycles. The van der Waals surface area contributed by atoms with Crippen LogP contribution < -0.4 is 0 Å². The van der Waals surface area contributed by atoms with Crippen LogP contribution >= 0.6 is 0 Å². The Hall–Kier alpha value is -2.62. The summed E-state index contributed by atoms with van der Waals surface area (Å²) in [4.78, 5) is 16.0. The number of rotatable bonds is 5. The Morgan fingerprint density at radius 3 is 2.57 bits per heavy atom. The first-order valence-corrected chi connectivity index (χ1v) is 7.43. The van der Waals surface area contributed by atoms with Gasteiger partial charge in [0.2, 0.25) is 0 Å². The average Bonchev–Trinajstić information content (AvgIpc) is 2.53. The summed E-state index contributed by atoms with van der Waals surface area (Å²) in [6.07, 6.45) is 0.320. The number of aryl methyl sites for hydroxylation is 2. The van der Waals surface area contributed by atoms with E-state index >= 15 is 0 Å². The Morgan fingerprint density at radius 1 is 1.22 bits per heavy atom. The molecule has 0 amide bonds. The first kappa shape index (κ1) is 16.7. The highest BCUT2D eigenvalue weighted by molar-refractivity contribution is 5.87. The molecule has 0 unspecified atom stereocenters. The fourth-order valence-electron chi connectivity index (χ4n) is 2.39. The number of methoxy groups -OCH3 is 1. The summed E-state index contributed by atoms with van der Waals surface area (Å²) in [5, 5.41) is 9.40. The fourth-order valence-corrected chi connectivity index (χ4v) is 2.39. The van der Waals surface area contributed by atoms with Crippen molar-refractivity contribution >= 4 is 5.97 Å². The van der Waals surface area contributed by atoms with Gasteiger partial charge in [-0.2, -0.15) is 0 Å². The number of nitrogens with zero attached hydrogens (tertiary/aromatic N) is 1. The van der Waals surface area contributed by atoms with Crippen molar-refractivity contribution < 1.29 is 14.6 Å². The summed E-state index contributed by atoms with van der Waals surface area (Å²) in [7, 11) is 1.48. The van der Waals surface area contributed by atoms with Crippen LogP contribution in [0.3, 0.4) is 0 Å². The van der Waals surface area contributed by atoms with Gasteiger partial charge in [-0.05, 0) is 50.1 Å². The van der Waals surface area contributed by atoms with Crippen molar-refractivity contribution in [3.63, 3.8) is 0 Å². The molecular formula is C19H21NO3. The second kappa shape index (κ2) is 7.09. The molecule has 1 heterocycles. The Morgan fingerprint density at radius 2 is 1.96 bits per heavy atom. The number of carbonyl (C=O) groups is 1.